The minimum atomic E-state index is -6.33. The molecule has 0 amide bonds. The lowest BCUT2D eigenvalue weighted by Gasteiger charge is -2.30. The van der Waals surface area contributed by atoms with Crippen LogP contribution in [0.4, 0.5) is 40.8 Å². The molecule has 1 rings (SSSR count). The Morgan fingerprint density at radius 1 is 1.08 bits per heavy atom. The number of aliphatic imine (C=N–C) groups is 1. The molecule has 2 nitrogen and oxygen atoms in total. The smallest absolute Gasteiger partial charge is 0.404 e. The lowest BCUT2D eigenvalue weighted by Crippen LogP contribution is -2.50. The Bertz CT molecular complexity index is 639. The number of benzene rings is 1. The van der Waals surface area contributed by atoms with Crippen LogP contribution in [-0.2, 0) is 5.67 Å². The predicted molar refractivity (Wildman–Crippen MR) is 75.1 cm³/mol. The second-order valence-corrected chi connectivity index (χ2v) is 5.47. The maximum absolute atomic E-state index is 13.9. The zero-order valence-electron chi connectivity index (χ0n) is 11.7. The van der Waals surface area contributed by atoms with Gasteiger partial charge in [0, 0.05) is 16.3 Å². The molecule has 0 fully saturated rings. The van der Waals surface area contributed by atoms with E-state index < -0.39 is 39.6 Å². The van der Waals surface area contributed by atoms with Crippen LogP contribution in [-0.4, -0.2) is 18.6 Å². The molecule has 0 spiro atoms. The summed E-state index contributed by atoms with van der Waals surface area (Å²) in [7, 11) is 0. The van der Waals surface area contributed by atoms with Crippen molar-refractivity contribution in [3.8, 4) is 0 Å². The van der Waals surface area contributed by atoms with Gasteiger partial charge in [0.15, 0.2) is 0 Å². The normalized spacial score (nSPS) is 14.5. The summed E-state index contributed by atoms with van der Waals surface area (Å²) in [6.45, 7) is 1.46. The summed E-state index contributed by atoms with van der Waals surface area (Å²) in [6.07, 6.45) is -10.6. The van der Waals surface area contributed by atoms with Crippen LogP contribution < -0.4 is 5.73 Å². The van der Waals surface area contributed by atoms with E-state index in [-0.39, 0.29) is 12.1 Å². The van der Waals surface area contributed by atoms with Gasteiger partial charge in [0.1, 0.15) is 11.5 Å². The van der Waals surface area contributed by atoms with E-state index in [1.165, 1.54) is 6.92 Å². The predicted octanol–water partition coefficient (Wildman–Crippen LogP) is 5.44. The van der Waals surface area contributed by atoms with Crippen LogP contribution in [0.5, 0.6) is 0 Å². The fourth-order valence-electron chi connectivity index (χ4n) is 1.59. The Balaban J connectivity index is 3.56. The summed E-state index contributed by atoms with van der Waals surface area (Å²) in [5, 5.41) is 0. The highest BCUT2D eigenvalue weighted by Crippen LogP contribution is 2.54. The van der Waals surface area contributed by atoms with Gasteiger partial charge in [-0.3, -0.25) is 4.99 Å². The third-order valence-electron chi connectivity index (χ3n) is 2.86. The largest absolute Gasteiger partial charge is 0.435 e. The summed E-state index contributed by atoms with van der Waals surface area (Å²) < 4.78 is 103. The number of nitrogens with two attached hydrogens (primary N) is 1. The molecule has 0 aliphatic rings. The van der Waals surface area contributed by atoms with Crippen molar-refractivity contribution in [3.63, 3.8) is 0 Å². The van der Waals surface area contributed by atoms with E-state index in [4.69, 9.17) is 5.73 Å². The average Bonchev–Trinajstić information content (AvgIpc) is 2.42. The second kappa shape index (κ2) is 6.69. The van der Waals surface area contributed by atoms with Gasteiger partial charge in [-0.05, 0) is 46.8 Å². The van der Waals surface area contributed by atoms with Crippen LogP contribution in [0.2, 0.25) is 0 Å². The van der Waals surface area contributed by atoms with Gasteiger partial charge in [-0.2, -0.15) is 26.3 Å². The third-order valence-corrected chi connectivity index (χ3v) is 3.46. The van der Waals surface area contributed by atoms with Gasteiger partial charge in [0.2, 0.25) is 0 Å². The van der Waals surface area contributed by atoms with Crippen molar-refractivity contribution >= 4 is 27.8 Å². The molecule has 11 heteroatoms. The van der Waals surface area contributed by atoms with Crippen LogP contribution in [0.1, 0.15) is 12.5 Å². The molecule has 0 heterocycles. The van der Waals surface area contributed by atoms with Gasteiger partial charge in [-0.25, -0.2) is 8.78 Å². The molecule has 0 aliphatic heterocycles. The standard InChI is InChI=1S/C13H9BrF8N2/c1-6(4-23)5-24-10-8(14)2-7(3-9(10)15)11(16,12(17,18)19)13(20,21)22/h2-5H,23H2,1H3. The molecular weight excluding hydrogens is 416 g/mol. The van der Waals surface area contributed by atoms with Crippen molar-refractivity contribution in [2.75, 3.05) is 0 Å². The minimum Gasteiger partial charge on any atom is -0.404 e. The maximum Gasteiger partial charge on any atom is 0.435 e. The molecule has 2 N–H and O–H groups in total. The molecule has 0 aromatic heterocycles. The van der Waals surface area contributed by atoms with Gasteiger partial charge in [0.25, 0.3) is 0 Å². The van der Waals surface area contributed by atoms with Gasteiger partial charge >= 0.3 is 18.0 Å². The van der Waals surface area contributed by atoms with E-state index in [1.54, 1.807) is 0 Å². The first-order chi connectivity index (χ1) is 10.8. The molecule has 0 atom stereocenters. The minimum absolute atomic E-state index is 0.179. The van der Waals surface area contributed by atoms with Crippen LogP contribution in [0.25, 0.3) is 0 Å². The zero-order chi connectivity index (χ0) is 18.9. The van der Waals surface area contributed by atoms with Crippen LogP contribution in [0, 0.1) is 5.82 Å². The van der Waals surface area contributed by atoms with E-state index in [1.807, 2.05) is 0 Å². The number of alkyl halides is 7. The van der Waals surface area contributed by atoms with Gasteiger partial charge < -0.3 is 5.73 Å². The Hall–Kier alpha value is -1.65. The summed E-state index contributed by atoms with van der Waals surface area (Å²) >= 11 is 2.59. The maximum atomic E-state index is 13.9. The van der Waals surface area contributed by atoms with Crippen molar-refractivity contribution < 1.29 is 35.1 Å². The molecule has 1 aromatic carbocycles. The van der Waals surface area contributed by atoms with Crippen LogP contribution in [0.15, 0.2) is 33.4 Å². The molecule has 134 valence electrons. The fraction of sp³-hybridized carbons (Fsp3) is 0.308. The molecule has 0 unspecified atom stereocenters. The van der Waals surface area contributed by atoms with Gasteiger partial charge in [0.05, 0.1) is 0 Å². The summed E-state index contributed by atoms with van der Waals surface area (Å²) in [5.74, 6) is -1.57. The highest BCUT2D eigenvalue weighted by molar-refractivity contribution is 9.10. The molecule has 0 saturated heterocycles. The van der Waals surface area contributed by atoms with Crippen molar-refractivity contribution in [3.05, 3.63) is 39.8 Å². The van der Waals surface area contributed by atoms with E-state index in [2.05, 4.69) is 20.9 Å². The molecular formula is C13H9BrF8N2. The van der Waals surface area contributed by atoms with Crippen LogP contribution in [0.3, 0.4) is 0 Å². The van der Waals surface area contributed by atoms with Crippen molar-refractivity contribution in [1.29, 1.82) is 0 Å². The zero-order valence-corrected chi connectivity index (χ0v) is 13.3. The van der Waals surface area contributed by atoms with Crippen molar-refractivity contribution in [2.24, 2.45) is 10.7 Å². The van der Waals surface area contributed by atoms with Crippen molar-refractivity contribution in [2.45, 2.75) is 24.9 Å². The summed E-state index contributed by atoms with van der Waals surface area (Å²) in [5.41, 5.74) is -2.80. The number of allylic oxidation sites excluding steroid dienone is 1. The number of halogens is 9. The first-order valence-corrected chi connectivity index (χ1v) is 6.79. The number of hydrogen-bond donors (Lipinski definition) is 1. The first-order valence-electron chi connectivity index (χ1n) is 6.00. The Morgan fingerprint density at radius 3 is 1.96 bits per heavy atom. The molecule has 0 radical (unpaired) electrons. The van der Waals surface area contributed by atoms with E-state index in [9.17, 15) is 35.1 Å². The van der Waals surface area contributed by atoms with E-state index in [0.717, 1.165) is 12.4 Å². The van der Waals surface area contributed by atoms with Gasteiger partial charge in [-0.15, -0.1) is 0 Å². The lowest BCUT2D eigenvalue weighted by atomic mass is 9.94. The van der Waals surface area contributed by atoms with E-state index >= 15 is 0 Å². The Kier molecular flexibility index (Phi) is 5.69. The number of hydrogen-bond acceptors (Lipinski definition) is 2. The van der Waals surface area contributed by atoms with Gasteiger partial charge in [-0.1, -0.05) is 0 Å². The molecule has 24 heavy (non-hydrogen) atoms. The number of rotatable bonds is 3. The number of nitrogens with zero attached hydrogens (tertiary/aromatic N) is 1. The molecule has 1 aromatic rings. The molecule has 0 bridgehead atoms. The van der Waals surface area contributed by atoms with E-state index in [0.29, 0.717) is 5.57 Å². The molecule has 0 saturated carbocycles. The van der Waals surface area contributed by atoms with Crippen molar-refractivity contribution in [1.82, 2.24) is 0 Å². The summed E-state index contributed by atoms with van der Waals surface area (Å²) in [4.78, 5) is 3.54. The first kappa shape index (κ1) is 20.4. The molecule has 0 aliphatic carbocycles. The monoisotopic (exact) mass is 424 g/mol. The quantitative estimate of drug-likeness (QED) is 0.509. The SMILES string of the molecule is CC(C=Nc1c(F)cc(C(F)(C(F)(F)F)C(F)(F)F)cc1Br)=CN. The highest BCUT2D eigenvalue weighted by atomic mass is 79.9. The summed E-state index contributed by atoms with van der Waals surface area (Å²) in [6, 6.07) is -0.0157. The fourth-order valence-corrected chi connectivity index (χ4v) is 2.12. The second-order valence-electron chi connectivity index (χ2n) is 4.61. The van der Waals surface area contributed by atoms with Crippen LogP contribution >= 0.6 is 15.9 Å². The average molecular weight is 425 g/mol. The Labute approximate surface area is 139 Å². The lowest BCUT2D eigenvalue weighted by molar-refractivity contribution is -0.348. The third kappa shape index (κ3) is 3.70. The topological polar surface area (TPSA) is 38.4 Å². The Morgan fingerprint density at radius 2 is 1.58 bits per heavy atom. The highest BCUT2D eigenvalue weighted by Gasteiger charge is 2.73.